The van der Waals surface area contributed by atoms with E-state index in [9.17, 15) is 74.8 Å². The monoisotopic (exact) mass is 625 g/mol. The maximum atomic E-state index is 13.6. The van der Waals surface area contributed by atoms with Crippen molar-refractivity contribution in [2.24, 2.45) is 0 Å². The molecule has 5 nitrogen and oxygen atoms in total. The molecular formula is C15H17F13KNO4S2. The SMILES string of the molecule is CC(C)(CS(=O)(=O)[O-])NC(=O)CCSCCC(F)(F)C(F)(F)C(F)(F)C(F)(F)C(F)(F)C(F)(F)F.[K+]. The van der Waals surface area contributed by atoms with Gasteiger partial charge in [-0.15, -0.1) is 0 Å². The molecule has 0 rings (SSSR count). The summed E-state index contributed by atoms with van der Waals surface area (Å²) >= 11 is 0.177. The van der Waals surface area contributed by atoms with Crippen LogP contribution in [0.1, 0.15) is 26.7 Å². The number of rotatable bonds is 13. The smallest absolute Gasteiger partial charge is 0.748 e. The first-order valence-electron chi connectivity index (χ1n) is 8.84. The molecule has 0 aliphatic rings. The van der Waals surface area contributed by atoms with Gasteiger partial charge in [0.2, 0.25) is 5.91 Å². The molecule has 0 aliphatic carbocycles. The third kappa shape index (κ3) is 9.00. The first-order valence-corrected chi connectivity index (χ1v) is 11.6. The Bertz CT molecular complexity index is 864. The van der Waals surface area contributed by atoms with Crippen molar-refractivity contribution in [2.75, 3.05) is 17.3 Å². The van der Waals surface area contributed by atoms with Crippen LogP contribution in [0.15, 0.2) is 0 Å². The summed E-state index contributed by atoms with van der Waals surface area (Å²) in [5.74, 6) is -41.0. The van der Waals surface area contributed by atoms with Crippen molar-refractivity contribution in [3.05, 3.63) is 0 Å². The van der Waals surface area contributed by atoms with Gasteiger partial charge in [-0.2, -0.15) is 68.8 Å². The van der Waals surface area contributed by atoms with Crippen molar-refractivity contribution < 1.29 is 126 Å². The number of thioether (sulfide) groups is 1. The molecule has 0 fully saturated rings. The topological polar surface area (TPSA) is 86.3 Å². The summed E-state index contributed by atoms with van der Waals surface area (Å²) in [6.07, 6.45) is -10.5. The van der Waals surface area contributed by atoms with E-state index < -0.39 is 87.5 Å². The molecule has 0 aromatic carbocycles. The van der Waals surface area contributed by atoms with Gasteiger partial charge in [-0.25, -0.2) is 8.42 Å². The second-order valence-electron chi connectivity index (χ2n) is 7.75. The van der Waals surface area contributed by atoms with E-state index in [1.165, 1.54) is 0 Å². The van der Waals surface area contributed by atoms with Crippen molar-refractivity contribution in [2.45, 2.75) is 68.0 Å². The van der Waals surface area contributed by atoms with Crippen LogP contribution >= 0.6 is 11.8 Å². The first-order chi connectivity index (χ1) is 15.1. The number of carbonyl (C=O) groups excluding carboxylic acids is 1. The predicted octanol–water partition coefficient (Wildman–Crippen LogP) is 1.68. The van der Waals surface area contributed by atoms with Crippen molar-refractivity contribution in [1.82, 2.24) is 5.32 Å². The summed E-state index contributed by atoms with van der Waals surface area (Å²) in [6.45, 7) is 2.24. The Kier molecular flexibility index (Phi) is 13.2. The number of carbonyl (C=O) groups is 1. The Morgan fingerprint density at radius 3 is 1.58 bits per heavy atom. The van der Waals surface area contributed by atoms with E-state index in [1.807, 2.05) is 0 Å². The van der Waals surface area contributed by atoms with Gasteiger partial charge in [-0.1, -0.05) is 0 Å². The van der Waals surface area contributed by atoms with Gasteiger partial charge in [0.25, 0.3) is 0 Å². The van der Waals surface area contributed by atoms with Gasteiger partial charge in [0.1, 0.15) is 0 Å². The Morgan fingerprint density at radius 1 is 0.778 bits per heavy atom. The predicted molar refractivity (Wildman–Crippen MR) is 94.1 cm³/mol. The molecule has 0 unspecified atom stereocenters. The Balaban J connectivity index is 0. The maximum Gasteiger partial charge on any atom is 1.00 e. The zero-order valence-corrected chi connectivity index (χ0v) is 23.2. The fourth-order valence-corrected chi connectivity index (χ4v) is 4.23. The zero-order chi connectivity index (χ0) is 28.5. The van der Waals surface area contributed by atoms with Gasteiger partial charge >= 0.3 is 87.2 Å². The molecule has 0 radical (unpaired) electrons. The van der Waals surface area contributed by atoms with Crippen LogP contribution in [0.4, 0.5) is 57.1 Å². The average Bonchev–Trinajstić information content (AvgIpc) is 2.56. The van der Waals surface area contributed by atoms with Crippen LogP contribution in [-0.2, 0) is 14.9 Å². The molecule has 210 valence electrons. The summed E-state index contributed by atoms with van der Waals surface area (Å²) in [5.41, 5.74) is -1.58. The molecule has 0 atom stereocenters. The average molecular weight is 626 g/mol. The Morgan fingerprint density at radius 2 is 1.19 bits per heavy atom. The standard InChI is InChI=1S/C15H18F13NO4S2.K/c1-9(2,7-35(31,32)33)29-8(30)3-5-34-6-4-10(16,17)11(18,19)12(20,21)13(22,23)14(24,25)15(26,27)28;/h3-7H2,1-2H3,(H,29,30)(H,31,32,33);/q;+1/p-1. The van der Waals surface area contributed by atoms with Crippen LogP contribution in [0, 0.1) is 0 Å². The van der Waals surface area contributed by atoms with Crippen LogP contribution in [0.3, 0.4) is 0 Å². The van der Waals surface area contributed by atoms with Crippen molar-refractivity contribution in [3.63, 3.8) is 0 Å². The number of amides is 1. The van der Waals surface area contributed by atoms with E-state index in [2.05, 4.69) is 5.32 Å². The Labute approximate surface area is 242 Å². The summed E-state index contributed by atoms with van der Waals surface area (Å²) in [4.78, 5) is 11.6. The van der Waals surface area contributed by atoms with Crippen molar-refractivity contribution in [1.29, 1.82) is 0 Å². The minimum absolute atomic E-state index is 0. The molecule has 0 heterocycles. The summed E-state index contributed by atoms with van der Waals surface area (Å²) in [5, 5.41) is 2.06. The normalized spacial score (nSPS) is 14.9. The molecule has 0 saturated heterocycles. The maximum absolute atomic E-state index is 13.6. The van der Waals surface area contributed by atoms with E-state index in [1.54, 1.807) is 0 Å². The zero-order valence-electron chi connectivity index (χ0n) is 18.4. The fourth-order valence-electron chi connectivity index (χ4n) is 2.34. The molecular weight excluding hydrogens is 608 g/mol. The van der Waals surface area contributed by atoms with Crippen LogP contribution in [0.5, 0.6) is 0 Å². The molecule has 1 amide bonds. The largest absolute Gasteiger partial charge is 1.00 e. The third-order valence-electron chi connectivity index (χ3n) is 4.05. The third-order valence-corrected chi connectivity index (χ3v) is 6.11. The Hall–Kier alpha value is 0.456. The first kappa shape index (κ1) is 38.6. The van der Waals surface area contributed by atoms with Crippen LogP contribution in [-0.4, -0.2) is 77.5 Å². The molecule has 21 heteroatoms. The van der Waals surface area contributed by atoms with Crippen LogP contribution in [0.2, 0.25) is 0 Å². The second-order valence-corrected chi connectivity index (χ2v) is 10.4. The minimum atomic E-state index is -7.96. The van der Waals surface area contributed by atoms with Crippen molar-refractivity contribution in [3.8, 4) is 0 Å². The molecule has 0 aromatic rings. The number of halogens is 13. The van der Waals surface area contributed by atoms with Gasteiger partial charge in [-0.05, 0) is 19.6 Å². The molecule has 0 bridgehead atoms. The van der Waals surface area contributed by atoms with E-state index in [0.29, 0.717) is 0 Å². The quantitative estimate of drug-likeness (QED) is 0.146. The molecule has 1 N–H and O–H groups in total. The van der Waals surface area contributed by atoms with Crippen molar-refractivity contribution >= 4 is 27.8 Å². The minimum Gasteiger partial charge on any atom is -0.748 e. The van der Waals surface area contributed by atoms with Crippen LogP contribution < -0.4 is 56.7 Å². The number of alkyl halides is 13. The summed E-state index contributed by atoms with van der Waals surface area (Å²) < 4.78 is 201. The molecule has 0 aliphatic heterocycles. The molecule has 0 aromatic heterocycles. The number of nitrogens with one attached hydrogen (secondary N) is 1. The van der Waals surface area contributed by atoms with Gasteiger partial charge in [0.15, 0.2) is 0 Å². The van der Waals surface area contributed by atoms with E-state index in [-0.39, 0.29) is 63.1 Å². The second kappa shape index (κ2) is 12.3. The van der Waals surface area contributed by atoms with Gasteiger partial charge < -0.3 is 9.87 Å². The van der Waals surface area contributed by atoms with Gasteiger partial charge in [0.05, 0.1) is 15.9 Å². The van der Waals surface area contributed by atoms with Crippen LogP contribution in [0.25, 0.3) is 0 Å². The summed E-state index contributed by atoms with van der Waals surface area (Å²) in [7, 11) is -4.78. The number of hydrogen-bond acceptors (Lipinski definition) is 5. The fraction of sp³-hybridized carbons (Fsp3) is 0.933. The number of hydrogen-bond donors (Lipinski definition) is 1. The molecule has 0 spiro atoms. The van der Waals surface area contributed by atoms with Gasteiger partial charge in [-0.3, -0.25) is 4.79 Å². The van der Waals surface area contributed by atoms with E-state index in [0.717, 1.165) is 13.8 Å². The molecule has 36 heavy (non-hydrogen) atoms. The van der Waals surface area contributed by atoms with E-state index in [4.69, 9.17) is 0 Å². The molecule has 0 saturated carbocycles. The van der Waals surface area contributed by atoms with E-state index >= 15 is 0 Å². The van der Waals surface area contributed by atoms with Gasteiger partial charge in [0, 0.05) is 24.1 Å². The summed E-state index contributed by atoms with van der Waals surface area (Å²) in [6, 6.07) is 0.